The molecule has 2 rings (SSSR count). The maximum atomic E-state index is 11.9. The van der Waals surface area contributed by atoms with Crippen LogP contribution in [0.4, 0.5) is 0 Å². The minimum atomic E-state index is -0.806. The molecular formula is C16H17BrN2O3. The first-order valence-corrected chi connectivity index (χ1v) is 7.99. The molecule has 1 aromatic rings. The number of hydrogen-bond acceptors (Lipinski definition) is 4. The van der Waals surface area contributed by atoms with Gasteiger partial charge in [-0.3, -0.25) is 4.79 Å². The number of halogens is 1. The van der Waals surface area contributed by atoms with Crippen LogP contribution in [0, 0.1) is 11.3 Å². The highest BCUT2D eigenvalue weighted by Gasteiger charge is 2.33. The quantitative estimate of drug-likeness (QED) is 0.832. The van der Waals surface area contributed by atoms with Crippen molar-refractivity contribution < 1.29 is 14.3 Å². The predicted octanol–water partition coefficient (Wildman–Crippen LogP) is 2.95. The van der Waals surface area contributed by atoms with Crippen molar-refractivity contribution >= 4 is 27.8 Å². The van der Waals surface area contributed by atoms with Gasteiger partial charge in [0.2, 0.25) is 0 Å². The third-order valence-electron chi connectivity index (χ3n) is 3.71. The number of carbonyl (C=O) groups is 2. The minimum Gasteiger partial charge on any atom is -0.452 e. The molecule has 0 heterocycles. The lowest BCUT2D eigenvalue weighted by atomic mass is 9.83. The van der Waals surface area contributed by atoms with Gasteiger partial charge in [-0.05, 0) is 37.1 Å². The Balaban J connectivity index is 1.86. The number of nitrogens with one attached hydrogen (secondary N) is 1. The predicted molar refractivity (Wildman–Crippen MR) is 84.0 cm³/mol. The van der Waals surface area contributed by atoms with E-state index in [0.29, 0.717) is 18.4 Å². The van der Waals surface area contributed by atoms with Crippen LogP contribution in [0.5, 0.6) is 0 Å². The van der Waals surface area contributed by atoms with Crippen LogP contribution in [-0.4, -0.2) is 24.0 Å². The Labute approximate surface area is 137 Å². The molecule has 1 aromatic carbocycles. The van der Waals surface area contributed by atoms with E-state index in [2.05, 4.69) is 27.3 Å². The van der Waals surface area contributed by atoms with Gasteiger partial charge in [0, 0.05) is 4.47 Å². The van der Waals surface area contributed by atoms with Crippen LogP contribution in [0.3, 0.4) is 0 Å². The molecule has 1 N–H and O–H groups in total. The zero-order chi connectivity index (χ0) is 16.0. The Kier molecular flexibility index (Phi) is 5.56. The smallest absolute Gasteiger partial charge is 0.338 e. The molecule has 0 bridgehead atoms. The van der Waals surface area contributed by atoms with E-state index in [1.807, 2.05) is 0 Å². The Morgan fingerprint density at radius 1 is 1.23 bits per heavy atom. The van der Waals surface area contributed by atoms with Gasteiger partial charge < -0.3 is 10.1 Å². The van der Waals surface area contributed by atoms with Crippen molar-refractivity contribution in [2.24, 2.45) is 0 Å². The van der Waals surface area contributed by atoms with E-state index in [1.165, 1.54) is 0 Å². The highest BCUT2D eigenvalue weighted by atomic mass is 79.9. The molecule has 0 aromatic heterocycles. The van der Waals surface area contributed by atoms with Crippen LogP contribution in [0.15, 0.2) is 28.7 Å². The van der Waals surface area contributed by atoms with E-state index in [4.69, 9.17) is 4.74 Å². The summed E-state index contributed by atoms with van der Waals surface area (Å²) < 4.78 is 5.84. The average molecular weight is 365 g/mol. The van der Waals surface area contributed by atoms with Gasteiger partial charge in [-0.15, -0.1) is 0 Å². The van der Waals surface area contributed by atoms with Crippen LogP contribution in [0.2, 0.25) is 0 Å². The van der Waals surface area contributed by atoms with Crippen molar-refractivity contribution in [2.45, 2.75) is 37.6 Å². The van der Waals surface area contributed by atoms with E-state index in [-0.39, 0.29) is 6.61 Å². The van der Waals surface area contributed by atoms with Crippen LogP contribution in [-0.2, 0) is 9.53 Å². The van der Waals surface area contributed by atoms with Gasteiger partial charge in [0.05, 0.1) is 11.6 Å². The molecule has 0 saturated heterocycles. The normalized spacial score (nSPS) is 16.4. The Bertz CT molecular complexity index is 586. The number of nitriles is 1. The van der Waals surface area contributed by atoms with Gasteiger partial charge in [-0.25, -0.2) is 4.79 Å². The molecule has 0 atom stereocenters. The van der Waals surface area contributed by atoms with E-state index >= 15 is 0 Å². The lowest BCUT2D eigenvalue weighted by Crippen LogP contribution is -2.50. The third-order valence-corrected chi connectivity index (χ3v) is 4.24. The van der Waals surface area contributed by atoms with E-state index in [0.717, 1.165) is 23.7 Å². The van der Waals surface area contributed by atoms with Gasteiger partial charge in [-0.2, -0.15) is 5.26 Å². The third kappa shape index (κ3) is 4.31. The molecule has 0 aliphatic heterocycles. The van der Waals surface area contributed by atoms with Gasteiger partial charge in [0.15, 0.2) is 6.61 Å². The lowest BCUT2D eigenvalue weighted by molar-refractivity contribution is -0.125. The molecule has 1 aliphatic rings. The second-order valence-corrected chi connectivity index (χ2v) is 6.30. The summed E-state index contributed by atoms with van der Waals surface area (Å²) in [5, 5.41) is 12.0. The first-order chi connectivity index (χ1) is 10.5. The summed E-state index contributed by atoms with van der Waals surface area (Å²) in [7, 11) is 0. The molecule has 116 valence electrons. The molecule has 0 radical (unpaired) electrons. The first kappa shape index (κ1) is 16.5. The fraction of sp³-hybridized carbons (Fsp3) is 0.438. The maximum absolute atomic E-state index is 11.9. The van der Waals surface area contributed by atoms with Crippen molar-refractivity contribution in [1.82, 2.24) is 5.32 Å². The van der Waals surface area contributed by atoms with Gasteiger partial charge in [0.1, 0.15) is 5.54 Å². The Morgan fingerprint density at radius 3 is 2.45 bits per heavy atom. The highest BCUT2D eigenvalue weighted by Crippen LogP contribution is 2.27. The van der Waals surface area contributed by atoms with Crippen molar-refractivity contribution in [1.29, 1.82) is 5.26 Å². The van der Waals surface area contributed by atoms with Gasteiger partial charge in [0.25, 0.3) is 5.91 Å². The number of carbonyl (C=O) groups excluding carboxylic acids is 2. The standard InChI is InChI=1S/C16H17BrN2O3/c17-13-6-4-12(5-7-13)15(21)22-10-14(20)19-16(11-18)8-2-1-3-9-16/h4-7H,1-3,8-10H2,(H,19,20). The number of esters is 1. The fourth-order valence-corrected chi connectivity index (χ4v) is 2.79. The molecule has 22 heavy (non-hydrogen) atoms. The van der Waals surface area contributed by atoms with Crippen molar-refractivity contribution in [3.8, 4) is 6.07 Å². The molecule has 1 aliphatic carbocycles. The summed E-state index contributed by atoms with van der Waals surface area (Å²) in [5.74, 6) is -0.994. The highest BCUT2D eigenvalue weighted by molar-refractivity contribution is 9.10. The summed E-state index contributed by atoms with van der Waals surface area (Å²) in [4.78, 5) is 23.7. The molecule has 0 unspecified atom stereocenters. The molecule has 5 nitrogen and oxygen atoms in total. The topological polar surface area (TPSA) is 79.2 Å². The van der Waals surface area contributed by atoms with Gasteiger partial charge in [-0.1, -0.05) is 35.2 Å². The first-order valence-electron chi connectivity index (χ1n) is 7.20. The summed E-state index contributed by atoms with van der Waals surface area (Å²) in [6.07, 6.45) is 4.22. The van der Waals surface area contributed by atoms with Crippen LogP contribution < -0.4 is 5.32 Å². The molecule has 1 fully saturated rings. The number of amides is 1. The van der Waals surface area contributed by atoms with Crippen LogP contribution >= 0.6 is 15.9 Å². The molecular weight excluding hydrogens is 348 g/mol. The Morgan fingerprint density at radius 2 is 1.86 bits per heavy atom. The van der Waals surface area contributed by atoms with Crippen molar-refractivity contribution in [3.05, 3.63) is 34.3 Å². The van der Waals surface area contributed by atoms with Crippen LogP contribution in [0.1, 0.15) is 42.5 Å². The van der Waals surface area contributed by atoms with E-state index < -0.39 is 17.4 Å². The molecule has 1 amide bonds. The average Bonchev–Trinajstić information content (AvgIpc) is 2.54. The van der Waals surface area contributed by atoms with E-state index in [1.54, 1.807) is 24.3 Å². The largest absolute Gasteiger partial charge is 0.452 e. The van der Waals surface area contributed by atoms with E-state index in [9.17, 15) is 14.9 Å². The zero-order valence-electron chi connectivity index (χ0n) is 12.1. The molecule has 0 spiro atoms. The summed E-state index contributed by atoms with van der Waals surface area (Å²) in [5.41, 5.74) is -0.428. The number of hydrogen-bond donors (Lipinski definition) is 1. The zero-order valence-corrected chi connectivity index (χ0v) is 13.7. The number of nitrogens with zero attached hydrogens (tertiary/aromatic N) is 1. The monoisotopic (exact) mass is 364 g/mol. The summed E-state index contributed by atoms with van der Waals surface area (Å²) in [6.45, 7) is -0.377. The second-order valence-electron chi connectivity index (χ2n) is 5.39. The lowest BCUT2D eigenvalue weighted by Gasteiger charge is -2.31. The SMILES string of the molecule is N#CC1(NC(=O)COC(=O)c2ccc(Br)cc2)CCCCC1. The Hall–Kier alpha value is -1.87. The number of benzene rings is 1. The van der Waals surface area contributed by atoms with Crippen LogP contribution in [0.25, 0.3) is 0 Å². The number of rotatable bonds is 4. The molecule has 6 heteroatoms. The minimum absolute atomic E-state index is 0.377. The van der Waals surface area contributed by atoms with Crippen molar-refractivity contribution in [2.75, 3.05) is 6.61 Å². The maximum Gasteiger partial charge on any atom is 0.338 e. The van der Waals surface area contributed by atoms with Crippen molar-refractivity contribution in [3.63, 3.8) is 0 Å². The number of ether oxygens (including phenoxy) is 1. The second kappa shape index (κ2) is 7.41. The van der Waals surface area contributed by atoms with Gasteiger partial charge >= 0.3 is 5.97 Å². The fourth-order valence-electron chi connectivity index (χ4n) is 2.52. The summed E-state index contributed by atoms with van der Waals surface area (Å²) in [6, 6.07) is 8.87. The summed E-state index contributed by atoms with van der Waals surface area (Å²) >= 11 is 3.28. The molecule has 1 saturated carbocycles.